The first-order valence-electron chi connectivity index (χ1n) is 3.95. The average Bonchev–Trinajstić information content (AvgIpc) is 2.18. The van der Waals surface area contributed by atoms with Gasteiger partial charge in [0.2, 0.25) is 0 Å². The zero-order chi connectivity index (χ0) is 9.68. The van der Waals surface area contributed by atoms with Gasteiger partial charge in [0.25, 0.3) is 0 Å². The minimum absolute atomic E-state index is 0.0931. The van der Waals surface area contributed by atoms with Gasteiger partial charge in [0.1, 0.15) is 0 Å². The summed E-state index contributed by atoms with van der Waals surface area (Å²) < 4.78 is 0. The Morgan fingerprint density at radius 2 is 1.92 bits per heavy atom. The van der Waals surface area contributed by atoms with Gasteiger partial charge in [0.15, 0.2) is 5.84 Å². The molecule has 0 aromatic heterocycles. The molecule has 0 bridgehead atoms. The van der Waals surface area contributed by atoms with Gasteiger partial charge in [-0.3, -0.25) is 0 Å². The first-order valence-corrected chi connectivity index (χ1v) is 3.95. The molecule has 0 aliphatic heterocycles. The Hall–Kier alpha value is -1.55. The van der Waals surface area contributed by atoms with Gasteiger partial charge in [0, 0.05) is 12.2 Å². The molecule has 0 unspecified atom stereocenters. The van der Waals surface area contributed by atoms with Gasteiger partial charge in [0.05, 0.1) is 0 Å². The maximum Gasteiger partial charge on any atom is 0.170 e. The predicted molar refractivity (Wildman–Crippen MR) is 49.7 cm³/mol. The molecule has 13 heavy (non-hydrogen) atoms. The van der Waals surface area contributed by atoms with Crippen molar-refractivity contribution in [2.75, 3.05) is 6.61 Å². The van der Waals surface area contributed by atoms with E-state index < -0.39 is 0 Å². The van der Waals surface area contributed by atoms with E-state index in [1.807, 2.05) is 12.1 Å². The standard InChI is InChI=1S/C9H12N2O2/c10-9(11-13)8-3-1-7(2-4-8)5-6-12/h1-4,12-13H,5-6H2,(H2,10,11). The van der Waals surface area contributed by atoms with Crippen LogP contribution in [0.3, 0.4) is 0 Å². The maximum atomic E-state index is 8.66. The summed E-state index contributed by atoms with van der Waals surface area (Å²) in [4.78, 5) is 0. The molecule has 0 fully saturated rings. The number of benzene rings is 1. The summed E-state index contributed by atoms with van der Waals surface area (Å²) >= 11 is 0. The topological polar surface area (TPSA) is 78.8 Å². The van der Waals surface area contributed by atoms with E-state index in [0.717, 1.165) is 5.56 Å². The molecule has 0 atom stereocenters. The Morgan fingerprint density at radius 3 is 2.38 bits per heavy atom. The number of rotatable bonds is 3. The quantitative estimate of drug-likeness (QED) is 0.271. The molecule has 4 nitrogen and oxygen atoms in total. The van der Waals surface area contributed by atoms with Gasteiger partial charge >= 0.3 is 0 Å². The number of aliphatic hydroxyl groups is 1. The molecule has 0 aliphatic rings. The average molecular weight is 180 g/mol. The van der Waals surface area contributed by atoms with E-state index in [-0.39, 0.29) is 12.4 Å². The van der Waals surface area contributed by atoms with Crippen molar-refractivity contribution in [3.8, 4) is 0 Å². The van der Waals surface area contributed by atoms with Crippen LogP contribution in [-0.2, 0) is 6.42 Å². The van der Waals surface area contributed by atoms with Crippen molar-refractivity contribution >= 4 is 5.84 Å². The largest absolute Gasteiger partial charge is 0.409 e. The number of nitrogens with two attached hydrogens (primary N) is 1. The van der Waals surface area contributed by atoms with Crippen LogP contribution in [0.4, 0.5) is 0 Å². The van der Waals surface area contributed by atoms with Gasteiger partial charge in [-0.25, -0.2) is 0 Å². The third kappa shape index (κ3) is 2.45. The van der Waals surface area contributed by atoms with Crippen molar-refractivity contribution in [1.29, 1.82) is 0 Å². The second-order valence-corrected chi connectivity index (χ2v) is 2.66. The molecule has 0 saturated carbocycles. The van der Waals surface area contributed by atoms with Crippen molar-refractivity contribution in [2.45, 2.75) is 6.42 Å². The van der Waals surface area contributed by atoms with Crippen molar-refractivity contribution in [2.24, 2.45) is 10.9 Å². The van der Waals surface area contributed by atoms with Gasteiger partial charge in [-0.15, -0.1) is 0 Å². The number of amidine groups is 1. The summed E-state index contributed by atoms with van der Waals surface area (Å²) in [5.74, 6) is 0.0931. The third-order valence-electron chi connectivity index (χ3n) is 1.76. The highest BCUT2D eigenvalue weighted by Gasteiger charge is 1.98. The molecule has 0 spiro atoms. The highest BCUT2D eigenvalue weighted by Crippen LogP contribution is 2.04. The number of hydrogen-bond donors (Lipinski definition) is 3. The van der Waals surface area contributed by atoms with Crippen molar-refractivity contribution in [3.63, 3.8) is 0 Å². The van der Waals surface area contributed by atoms with Gasteiger partial charge in [-0.1, -0.05) is 29.4 Å². The van der Waals surface area contributed by atoms with Crippen LogP contribution < -0.4 is 5.73 Å². The highest BCUT2D eigenvalue weighted by molar-refractivity contribution is 5.96. The van der Waals surface area contributed by atoms with Gasteiger partial charge < -0.3 is 16.0 Å². The fourth-order valence-corrected chi connectivity index (χ4v) is 1.03. The summed E-state index contributed by atoms with van der Waals surface area (Å²) in [7, 11) is 0. The second-order valence-electron chi connectivity index (χ2n) is 2.66. The maximum absolute atomic E-state index is 8.66. The van der Waals surface area contributed by atoms with Crippen LogP contribution in [0.1, 0.15) is 11.1 Å². The third-order valence-corrected chi connectivity index (χ3v) is 1.76. The van der Waals surface area contributed by atoms with E-state index in [1.54, 1.807) is 12.1 Å². The zero-order valence-corrected chi connectivity index (χ0v) is 7.14. The lowest BCUT2D eigenvalue weighted by molar-refractivity contribution is 0.299. The number of hydrogen-bond acceptors (Lipinski definition) is 3. The Bertz CT molecular complexity index is 293. The summed E-state index contributed by atoms with van der Waals surface area (Å²) in [6.45, 7) is 0.128. The van der Waals surface area contributed by atoms with E-state index in [1.165, 1.54) is 0 Å². The molecule has 0 radical (unpaired) electrons. The van der Waals surface area contributed by atoms with Crippen LogP contribution >= 0.6 is 0 Å². The summed E-state index contributed by atoms with van der Waals surface area (Å²) in [5.41, 5.74) is 7.06. The minimum atomic E-state index is 0.0931. The first kappa shape index (κ1) is 9.54. The monoisotopic (exact) mass is 180 g/mol. The van der Waals surface area contributed by atoms with Crippen LogP contribution in [0.15, 0.2) is 29.4 Å². The molecular weight excluding hydrogens is 168 g/mol. The predicted octanol–water partition coefficient (Wildman–Crippen LogP) is 0.316. The molecular formula is C9H12N2O2. The van der Waals surface area contributed by atoms with Crippen molar-refractivity contribution in [3.05, 3.63) is 35.4 Å². The molecule has 0 saturated heterocycles. The second kappa shape index (κ2) is 4.47. The van der Waals surface area contributed by atoms with Crippen LogP contribution in [0.2, 0.25) is 0 Å². The van der Waals surface area contributed by atoms with Crippen molar-refractivity contribution < 1.29 is 10.3 Å². The Labute approximate surface area is 76.3 Å². The lowest BCUT2D eigenvalue weighted by Gasteiger charge is -2.00. The van der Waals surface area contributed by atoms with E-state index in [4.69, 9.17) is 16.0 Å². The van der Waals surface area contributed by atoms with E-state index in [9.17, 15) is 0 Å². The molecule has 4 N–H and O–H groups in total. The van der Waals surface area contributed by atoms with Crippen LogP contribution in [0, 0.1) is 0 Å². The van der Waals surface area contributed by atoms with E-state index in [0.29, 0.717) is 12.0 Å². The van der Waals surface area contributed by atoms with Crippen LogP contribution in [-0.4, -0.2) is 22.8 Å². The molecule has 4 heteroatoms. The van der Waals surface area contributed by atoms with E-state index in [2.05, 4.69) is 5.16 Å². The Balaban J connectivity index is 2.81. The van der Waals surface area contributed by atoms with Crippen molar-refractivity contribution in [1.82, 2.24) is 0 Å². The molecule has 0 aliphatic carbocycles. The fourth-order valence-electron chi connectivity index (χ4n) is 1.03. The normalized spacial score (nSPS) is 11.6. The number of oxime groups is 1. The molecule has 1 aromatic carbocycles. The van der Waals surface area contributed by atoms with Gasteiger partial charge in [-0.2, -0.15) is 0 Å². The fraction of sp³-hybridized carbons (Fsp3) is 0.222. The lowest BCUT2D eigenvalue weighted by Crippen LogP contribution is -2.12. The smallest absolute Gasteiger partial charge is 0.170 e. The molecule has 1 aromatic rings. The van der Waals surface area contributed by atoms with Crippen LogP contribution in [0.25, 0.3) is 0 Å². The number of nitrogens with zero attached hydrogens (tertiary/aromatic N) is 1. The molecule has 1 rings (SSSR count). The lowest BCUT2D eigenvalue weighted by atomic mass is 10.1. The molecule has 0 amide bonds. The SMILES string of the molecule is NC(=NO)c1ccc(CCO)cc1. The Kier molecular flexibility index (Phi) is 3.28. The minimum Gasteiger partial charge on any atom is -0.409 e. The summed E-state index contributed by atoms with van der Waals surface area (Å²) in [6, 6.07) is 7.17. The first-order chi connectivity index (χ1) is 6.27. The Morgan fingerprint density at radius 1 is 1.31 bits per heavy atom. The zero-order valence-electron chi connectivity index (χ0n) is 7.14. The molecule has 70 valence electrons. The molecule has 0 heterocycles. The number of aliphatic hydroxyl groups excluding tert-OH is 1. The summed E-state index contributed by atoms with van der Waals surface area (Å²) in [5, 5.41) is 19.9. The van der Waals surface area contributed by atoms with Gasteiger partial charge in [-0.05, 0) is 12.0 Å². The van der Waals surface area contributed by atoms with Crippen LogP contribution in [0.5, 0.6) is 0 Å². The summed E-state index contributed by atoms with van der Waals surface area (Å²) in [6.07, 6.45) is 0.621. The van der Waals surface area contributed by atoms with E-state index >= 15 is 0 Å². The highest BCUT2D eigenvalue weighted by atomic mass is 16.4.